The van der Waals surface area contributed by atoms with Crippen molar-refractivity contribution in [2.45, 2.75) is 12.5 Å². The molecule has 2 N–H and O–H groups in total. The summed E-state index contributed by atoms with van der Waals surface area (Å²) >= 11 is 0. The SMILES string of the molecule is c1ccc2c(c1)CCNC2c1nc2ncccc2[nH]1. The molecule has 1 unspecified atom stereocenters. The van der Waals surface area contributed by atoms with Gasteiger partial charge < -0.3 is 10.3 Å². The Labute approximate surface area is 110 Å². The third kappa shape index (κ3) is 1.72. The maximum atomic E-state index is 4.61. The van der Waals surface area contributed by atoms with Crippen LogP contribution in [0.5, 0.6) is 0 Å². The van der Waals surface area contributed by atoms with Gasteiger partial charge in [-0.3, -0.25) is 0 Å². The van der Waals surface area contributed by atoms with Gasteiger partial charge in [0.15, 0.2) is 5.65 Å². The largest absolute Gasteiger partial charge is 0.339 e. The van der Waals surface area contributed by atoms with Crippen LogP contribution in [0.2, 0.25) is 0 Å². The number of H-pyrrole nitrogens is 1. The number of rotatable bonds is 1. The van der Waals surface area contributed by atoms with Gasteiger partial charge in [0.05, 0.1) is 11.6 Å². The van der Waals surface area contributed by atoms with Crippen molar-refractivity contribution < 1.29 is 0 Å². The summed E-state index contributed by atoms with van der Waals surface area (Å²) < 4.78 is 0. The van der Waals surface area contributed by atoms with Crippen molar-refractivity contribution in [1.82, 2.24) is 20.3 Å². The van der Waals surface area contributed by atoms with E-state index in [2.05, 4.69) is 44.5 Å². The lowest BCUT2D eigenvalue weighted by Crippen LogP contribution is -2.31. The van der Waals surface area contributed by atoms with Gasteiger partial charge in [0, 0.05) is 12.7 Å². The van der Waals surface area contributed by atoms with E-state index >= 15 is 0 Å². The minimum Gasteiger partial charge on any atom is -0.339 e. The first-order valence-electron chi connectivity index (χ1n) is 6.53. The predicted molar refractivity (Wildman–Crippen MR) is 73.9 cm³/mol. The van der Waals surface area contributed by atoms with E-state index in [1.54, 1.807) is 6.20 Å². The highest BCUT2D eigenvalue weighted by Gasteiger charge is 2.23. The van der Waals surface area contributed by atoms with Crippen LogP contribution >= 0.6 is 0 Å². The fraction of sp³-hybridized carbons (Fsp3) is 0.200. The molecule has 94 valence electrons. The molecule has 0 radical (unpaired) electrons. The highest BCUT2D eigenvalue weighted by molar-refractivity contribution is 5.70. The van der Waals surface area contributed by atoms with Gasteiger partial charge in [0.25, 0.3) is 0 Å². The van der Waals surface area contributed by atoms with Gasteiger partial charge in [-0.2, -0.15) is 0 Å². The molecule has 0 bridgehead atoms. The molecule has 4 nitrogen and oxygen atoms in total. The van der Waals surface area contributed by atoms with E-state index in [1.165, 1.54) is 11.1 Å². The van der Waals surface area contributed by atoms with Crippen LogP contribution in [0.15, 0.2) is 42.6 Å². The first kappa shape index (κ1) is 10.7. The van der Waals surface area contributed by atoms with Crippen LogP contribution in [0.4, 0.5) is 0 Å². The molecule has 19 heavy (non-hydrogen) atoms. The van der Waals surface area contributed by atoms with E-state index in [0.29, 0.717) is 0 Å². The molecule has 1 aliphatic heterocycles. The van der Waals surface area contributed by atoms with E-state index < -0.39 is 0 Å². The lowest BCUT2D eigenvalue weighted by molar-refractivity contribution is 0.549. The second-order valence-electron chi connectivity index (χ2n) is 4.83. The second-order valence-corrected chi connectivity index (χ2v) is 4.83. The minimum absolute atomic E-state index is 0.138. The summed E-state index contributed by atoms with van der Waals surface area (Å²) in [6.45, 7) is 0.978. The highest BCUT2D eigenvalue weighted by Crippen LogP contribution is 2.27. The summed E-state index contributed by atoms with van der Waals surface area (Å²) in [5.74, 6) is 0.945. The monoisotopic (exact) mass is 250 g/mol. The molecule has 0 aliphatic carbocycles. The first-order valence-corrected chi connectivity index (χ1v) is 6.53. The van der Waals surface area contributed by atoms with Crippen LogP contribution < -0.4 is 5.32 Å². The number of aromatic nitrogens is 3. The van der Waals surface area contributed by atoms with Crippen LogP contribution in [0.25, 0.3) is 11.2 Å². The molecular formula is C15H14N4. The summed E-state index contributed by atoms with van der Waals surface area (Å²) in [5, 5.41) is 3.53. The normalized spacial score (nSPS) is 18.4. The molecule has 0 saturated carbocycles. The lowest BCUT2D eigenvalue weighted by Gasteiger charge is -2.25. The Kier molecular flexibility index (Phi) is 2.35. The van der Waals surface area contributed by atoms with E-state index in [9.17, 15) is 0 Å². The fourth-order valence-electron chi connectivity index (χ4n) is 2.75. The van der Waals surface area contributed by atoms with Crippen molar-refractivity contribution in [2.24, 2.45) is 0 Å². The molecule has 4 heteroatoms. The highest BCUT2D eigenvalue weighted by atomic mass is 15.1. The number of fused-ring (bicyclic) bond motifs is 2. The number of benzene rings is 1. The summed E-state index contributed by atoms with van der Waals surface area (Å²) in [6.07, 6.45) is 2.85. The average Bonchev–Trinajstić information content (AvgIpc) is 2.90. The maximum absolute atomic E-state index is 4.61. The predicted octanol–water partition coefficient (Wildman–Crippen LogP) is 2.19. The number of nitrogens with one attached hydrogen (secondary N) is 2. The zero-order chi connectivity index (χ0) is 12.7. The average molecular weight is 250 g/mol. The molecular weight excluding hydrogens is 236 g/mol. The number of imidazole rings is 1. The Bertz CT molecular complexity index is 699. The second kappa shape index (κ2) is 4.17. The van der Waals surface area contributed by atoms with Gasteiger partial charge in [0.1, 0.15) is 5.82 Å². The van der Waals surface area contributed by atoms with Crippen LogP contribution in [-0.2, 0) is 6.42 Å². The minimum atomic E-state index is 0.138. The fourth-order valence-corrected chi connectivity index (χ4v) is 2.75. The van der Waals surface area contributed by atoms with Crippen molar-refractivity contribution in [3.8, 4) is 0 Å². The molecule has 0 amide bonds. The number of hydrogen-bond donors (Lipinski definition) is 2. The van der Waals surface area contributed by atoms with Gasteiger partial charge in [-0.1, -0.05) is 24.3 Å². The molecule has 1 atom stereocenters. The van der Waals surface area contributed by atoms with E-state index in [4.69, 9.17) is 0 Å². The number of pyridine rings is 1. The molecule has 3 heterocycles. The Morgan fingerprint density at radius 3 is 3.00 bits per heavy atom. The molecule has 1 aromatic carbocycles. The molecule has 0 spiro atoms. The smallest absolute Gasteiger partial charge is 0.177 e. The third-order valence-corrected chi connectivity index (χ3v) is 3.66. The zero-order valence-electron chi connectivity index (χ0n) is 10.4. The Morgan fingerprint density at radius 2 is 2.05 bits per heavy atom. The Hall–Kier alpha value is -2.20. The quantitative estimate of drug-likeness (QED) is 0.696. The van der Waals surface area contributed by atoms with Crippen molar-refractivity contribution in [3.63, 3.8) is 0 Å². The van der Waals surface area contributed by atoms with Crippen molar-refractivity contribution in [3.05, 3.63) is 59.5 Å². The number of hydrogen-bond acceptors (Lipinski definition) is 3. The summed E-state index contributed by atoms with van der Waals surface area (Å²) in [7, 11) is 0. The summed E-state index contributed by atoms with van der Waals surface area (Å²) in [4.78, 5) is 12.3. The van der Waals surface area contributed by atoms with E-state index in [0.717, 1.165) is 30.0 Å². The molecule has 1 aliphatic rings. The van der Waals surface area contributed by atoms with Gasteiger partial charge in [-0.25, -0.2) is 9.97 Å². The topological polar surface area (TPSA) is 53.6 Å². The van der Waals surface area contributed by atoms with Crippen LogP contribution in [-0.4, -0.2) is 21.5 Å². The number of nitrogens with zero attached hydrogens (tertiary/aromatic N) is 2. The lowest BCUT2D eigenvalue weighted by atomic mass is 9.94. The Balaban J connectivity index is 1.85. The van der Waals surface area contributed by atoms with Crippen LogP contribution in [0.1, 0.15) is 23.0 Å². The summed E-state index contributed by atoms with van der Waals surface area (Å²) in [5.41, 5.74) is 4.48. The van der Waals surface area contributed by atoms with Crippen LogP contribution in [0.3, 0.4) is 0 Å². The molecule has 4 rings (SSSR count). The maximum Gasteiger partial charge on any atom is 0.177 e. The third-order valence-electron chi connectivity index (χ3n) is 3.66. The molecule has 0 fully saturated rings. The number of aromatic amines is 1. The molecule has 0 saturated heterocycles. The van der Waals surface area contributed by atoms with E-state index in [1.807, 2.05) is 12.1 Å². The van der Waals surface area contributed by atoms with Crippen molar-refractivity contribution in [1.29, 1.82) is 0 Å². The molecule has 3 aromatic rings. The standard InChI is InChI=1S/C15H14N4/c1-2-5-11-10(4-1)7-9-16-13(11)15-18-12-6-3-8-17-14(12)19-15/h1-6,8,13,16H,7,9H2,(H,17,18,19). The summed E-state index contributed by atoms with van der Waals surface area (Å²) in [6, 6.07) is 12.6. The van der Waals surface area contributed by atoms with Gasteiger partial charge in [-0.05, 0) is 29.7 Å². The van der Waals surface area contributed by atoms with Crippen LogP contribution in [0, 0.1) is 0 Å². The van der Waals surface area contributed by atoms with Crippen molar-refractivity contribution >= 4 is 11.2 Å². The van der Waals surface area contributed by atoms with Gasteiger partial charge in [-0.15, -0.1) is 0 Å². The van der Waals surface area contributed by atoms with Crippen molar-refractivity contribution in [2.75, 3.05) is 6.54 Å². The Morgan fingerprint density at radius 1 is 1.11 bits per heavy atom. The zero-order valence-corrected chi connectivity index (χ0v) is 10.4. The van der Waals surface area contributed by atoms with E-state index in [-0.39, 0.29) is 6.04 Å². The van der Waals surface area contributed by atoms with Gasteiger partial charge >= 0.3 is 0 Å². The first-order chi connectivity index (χ1) is 9.42. The van der Waals surface area contributed by atoms with Gasteiger partial charge in [0.2, 0.25) is 0 Å². The molecule has 2 aromatic heterocycles.